The van der Waals surface area contributed by atoms with Crippen LogP contribution in [0.3, 0.4) is 0 Å². The minimum absolute atomic E-state index is 0.150. The summed E-state index contributed by atoms with van der Waals surface area (Å²) < 4.78 is 6.38. The molecule has 0 fully saturated rings. The van der Waals surface area contributed by atoms with Gasteiger partial charge in [-0.25, -0.2) is 9.67 Å². The zero-order chi connectivity index (χ0) is 12.3. The van der Waals surface area contributed by atoms with Gasteiger partial charge < -0.3 is 4.74 Å². The molecule has 1 aromatic heterocycles. The second-order valence-electron chi connectivity index (χ2n) is 3.70. The SMILES string of the molecule is COCn1ncnc1C(=O)c1cccc(C)c1. The van der Waals surface area contributed by atoms with Crippen molar-refractivity contribution in [2.45, 2.75) is 13.7 Å². The predicted octanol–water partition coefficient (Wildman–Crippen LogP) is 1.42. The maximum absolute atomic E-state index is 12.2. The van der Waals surface area contributed by atoms with Crippen molar-refractivity contribution in [1.29, 1.82) is 0 Å². The Balaban J connectivity index is 2.33. The molecular formula is C12H13N3O2. The largest absolute Gasteiger partial charge is 0.362 e. The van der Waals surface area contributed by atoms with Gasteiger partial charge in [0.15, 0.2) is 0 Å². The van der Waals surface area contributed by atoms with Crippen molar-refractivity contribution in [3.63, 3.8) is 0 Å². The van der Waals surface area contributed by atoms with E-state index in [-0.39, 0.29) is 18.3 Å². The number of ketones is 1. The molecule has 88 valence electrons. The van der Waals surface area contributed by atoms with Gasteiger partial charge in [-0.2, -0.15) is 5.10 Å². The van der Waals surface area contributed by atoms with Crippen LogP contribution in [0.2, 0.25) is 0 Å². The van der Waals surface area contributed by atoms with Crippen molar-refractivity contribution in [1.82, 2.24) is 14.8 Å². The van der Waals surface area contributed by atoms with Crippen LogP contribution in [0, 0.1) is 6.92 Å². The molecule has 0 amide bonds. The molecule has 0 aliphatic carbocycles. The Morgan fingerprint density at radius 3 is 3.00 bits per heavy atom. The molecule has 1 aromatic carbocycles. The first-order valence-electron chi connectivity index (χ1n) is 5.20. The molecular weight excluding hydrogens is 218 g/mol. The summed E-state index contributed by atoms with van der Waals surface area (Å²) >= 11 is 0. The first kappa shape index (κ1) is 11.5. The molecule has 0 aliphatic rings. The second kappa shape index (κ2) is 4.88. The van der Waals surface area contributed by atoms with Gasteiger partial charge in [0.2, 0.25) is 11.6 Å². The highest BCUT2D eigenvalue weighted by Crippen LogP contribution is 2.09. The highest BCUT2D eigenvalue weighted by atomic mass is 16.5. The number of ether oxygens (including phenoxy) is 1. The van der Waals surface area contributed by atoms with Crippen molar-refractivity contribution >= 4 is 5.78 Å². The Morgan fingerprint density at radius 1 is 1.47 bits per heavy atom. The highest BCUT2D eigenvalue weighted by molar-refractivity contribution is 6.06. The van der Waals surface area contributed by atoms with Crippen LogP contribution in [0.5, 0.6) is 0 Å². The number of carbonyl (C=O) groups excluding carboxylic acids is 1. The summed E-state index contributed by atoms with van der Waals surface area (Å²) in [6.45, 7) is 2.16. The van der Waals surface area contributed by atoms with Crippen molar-refractivity contribution in [3.05, 3.63) is 47.5 Å². The van der Waals surface area contributed by atoms with Crippen molar-refractivity contribution in [2.24, 2.45) is 0 Å². The Hall–Kier alpha value is -2.01. The number of nitrogens with zero attached hydrogens (tertiary/aromatic N) is 3. The lowest BCUT2D eigenvalue weighted by atomic mass is 10.1. The van der Waals surface area contributed by atoms with Gasteiger partial charge in [0, 0.05) is 12.7 Å². The molecule has 0 N–H and O–H groups in total. The molecule has 5 nitrogen and oxygen atoms in total. The minimum Gasteiger partial charge on any atom is -0.362 e. The lowest BCUT2D eigenvalue weighted by molar-refractivity contribution is 0.0959. The molecule has 0 bridgehead atoms. The Bertz CT molecular complexity index is 534. The van der Waals surface area contributed by atoms with Gasteiger partial charge in [0.05, 0.1) is 0 Å². The van der Waals surface area contributed by atoms with E-state index >= 15 is 0 Å². The number of rotatable bonds is 4. The summed E-state index contributed by atoms with van der Waals surface area (Å²) in [6, 6.07) is 7.38. The van der Waals surface area contributed by atoms with Gasteiger partial charge in [-0.1, -0.05) is 23.8 Å². The zero-order valence-corrected chi connectivity index (χ0v) is 9.75. The zero-order valence-electron chi connectivity index (χ0n) is 9.75. The normalized spacial score (nSPS) is 10.5. The fourth-order valence-electron chi connectivity index (χ4n) is 1.57. The first-order valence-corrected chi connectivity index (χ1v) is 5.20. The maximum Gasteiger partial charge on any atom is 0.230 e. The van der Waals surface area contributed by atoms with E-state index in [1.165, 1.54) is 11.0 Å². The van der Waals surface area contributed by atoms with Gasteiger partial charge in [-0.05, 0) is 13.0 Å². The molecule has 0 unspecified atom stereocenters. The third-order valence-corrected chi connectivity index (χ3v) is 2.35. The smallest absolute Gasteiger partial charge is 0.230 e. The van der Waals surface area contributed by atoms with Gasteiger partial charge in [-0.15, -0.1) is 0 Å². The molecule has 0 spiro atoms. The summed E-state index contributed by atoms with van der Waals surface area (Å²) in [5.74, 6) is 0.140. The van der Waals surface area contributed by atoms with Crippen molar-refractivity contribution in [3.8, 4) is 0 Å². The molecule has 0 aliphatic heterocycles. The van der Waals surface area contributed by atoms with E-state index < -0.39 is 0 Å². The molecule has 0 radical (unpaired) electrons. The predicted molar refractivity (Wildman–Crippen MR) is 61.6 cm³/mol. The number of hydrogen-bond donors (Lipinski definition) is 0. The van der Waals surface area contributed by atoms with Gasteiger partial charge >= 0.3 is 0 Å². The Labute approximate surface area is 99.1 Å². The topological polar surface area (TPSA) is 57.0 Å². The molecule has 0 saturated carbocycles. The van der Waals surface area contributed by atoms with E-state index in [0.717, 1.165) is 5.56 Å². The van der Waals surface area contributed by atoms with Crippen LogP contribution in [-0.4, -0.2) is 27.7 Å². The van der Waals surface area contributed by atoms with E-state index in [1.54, 1.807) is 13.2 Å². The standard InChI is InChI=1S/C12H13N3O2/c1-9-4-3-5-10(6-9)11(16)12-13-7-14-15(12)8-17-2/h3-7H,8H2,1-2H3. The number of aryl methyl sites for hydroxylation is 1. The number of carbonyl (C=O) groups is 1. The van der Waals surface area contributed by atoms with E-state index in [9.17, 15) is 4.79 Å². The average molecular weight is 231 g/mol. The van der Waals surface area contributed by atoms with Crippen LogP contribution in [0.4, 0.5) is 0 Å². The summed E-state index contributed by atoms with van der Waals surface area (Å²) in [7, 11) is 1.54. The fourth-order valence-corrected chi connectivity index (χ4v) is 1.57. The molecule has 1 heterocycles. The average Bonchev–Trinajstić information content (AvgIpc) is 2.77. The second-order valence-corrected chi connectivity index (χ2v) is 3.70. The first-order chi connectivity index (χ1) is 8.22. The van der Waals surface area contributed by atoms with E-state index in [2.05, 4.69) is 10.1 Å². The molecule has 0 saturated heterocycles. The quantitative estimate of drug-likeness (QED) is 0.747. The van der Waals surface area contributed by atoms with Gasteiger partial charge in [0.25, 0.3) is 0 Å². The third-order valence-electron chi connectivity index (χ3n) is 2.35. The van der Waals surface area contributed by atoms with Crippen LogP contribution in [0.25, 0.3) is 0 Å². The summed E-state index contributed by atoms with van der Waals surface area (Å²) in [5, 5.41) is 3.93. The van der Waals surface area contributed by atoms with Crippen LogP contribution in [0.15, 0.2) is 30.6 Å². The van der Waals surface area contributed by atoms with Crippen LogP contribution in [-0.2, 0) is 11.5 Å². The third kappa shape index (κ3) is 2.39. The van der Waals surface area contributed by atoms with Crippen LogP contribution < -0.4 is 0 Å². The van der Waals surface area contributed by atoms with Crippen LogP contribution in [0.1, 0.15) is 21.7 Å². The monoisotopic (exact) mass is 231 g/mol. The number of hydrogen-bond acceptors (Lipinski definition) is 4. The van der Waals surface area contributed by atoms with Crippen molar-refractivity contribution in [2.75, 3.05) is 7.11 Å². The summed E-state index contributed by atoms with van der Waals surface area (Å²) in [4.78, 5) is 16.1. The lowest BCUT2D eigenvalue weighted by Crippen LogP contribution is -2.13. The van der Waals surface area contributed by atoms with Crippen LogP contribution >= 0.6 is 0 Å². The fraction of sp³-hybridized carbons (Fsp3) is 0.250. The van der Waals surface area contributed by atoms with E-state index in [4.69, 9.17) is 4.74 Å². The molecule has 2 aromatic rings. The lowest BCUT2D eigenvalue weighted by Gasteiger charge is -2.04. The molecule has 0 atom stereocenters. The Kier molecular flexibility index (Phi) is 3.30. The molecule has 17 heavy (non-hydrogen) atoms. The molecule has 2 rings (SSSR count). The number of benzene rings is 1. The number of methoxy groups -OCH3 is 1. The summed E-state index contributed by atoms with van der Waals surface area (Å²) in [5.41, 5.74) is 1.64. The highest BCUT2D eigenvalue weighted by Gasteiger charge is 2.15. The van der Waals surface area contributed by atoms with E-state index in [0.29, 0.717) is 5.56 Å². The molecule has 5 heteroatoms. The Morgan fingerprint density at radius 2 is 2.29 bits per heavy atom. The summed E-state index contributed by atoms with van der Waals surface area (Å²) in [6.07, 6.45) is 1.35. The minimum atomic E-state index is -0.150. The van der Waals surface area contributed by atoms with Gasteiger partial charge in [0.1, 0.15) is 13.1 Å². The maximum atomic E-state index is 12.2. The number of aromatic nitrogens is 3. The van der Waals surface area contributed by atoms with E-state index in [1.807, 2.05) is 25.1 Å². The van der Waals surface area contributed by atoms with Crippen molar-refractivity contribution < 1.29 is 9.53 Å². The van der Waals surface area contributed by atoms with Gasteiger partial charge in [-0.3, -0.25) is 4.79 Å².